The molecule has 2 fully saturated rings. The molecule has 11 nitrogen and oxygen atoms in total. The number of carbonyl (C=O) groups excluding carboxylic acids is 1. The fourth-order valence-corrected chi connectivity index (χ4v) is 5.67. The molecule has 39 heavy (non-hydrogen) atoms. The van der Waals surface area contributed by atoms with Crippen LogP contribution < -0.4 is 10.6 Å². The number of rotatable bonds is 6. The Morgan fingerprint density at radius 1 is 1.18 bits per heavy atom. The van der Waals surface area contributed by atoms with Gasteiger partial charge in [-0.05, 0) is 37.4 Å². The highest BCUT2D eigenvalue weighted by molar-refractivity contribution is 7.16. The van der Waals surface area contributed by atoms with Gasteiger partial charge in [0.2, 0.25) is 5.01 Å². The van der Waals surface area contributed by atoms with Crippen molar-refractivity contribution in [2.45, 2.75) is 31.4 Å². The summed E-state index contributed by atoms with van der Waals surface area (Å²) < 4.78 is 1.78. The predicted octanol–water partition coefficient (Wildman–Crippen LogP) is 2.86. The maximum absolute atomic E-state index is 12.9. The molecular weight excluding hydrogens is 538 g/mol. The first-order valence-corrected chi connectivity index (χ1v) is 13.6. The number of nitrogens with zero attached hydrogens (tertiary/aromatic N) is 7. The minimum absolute atomic E-state index is 0. The third-order valence-electron chi connectivity index (χ3n) is 6.87. The van der Waals surface area contributed by atoms with Crippen LogP contribution in [0.25, 0.3) is 33.1 Å². The number of anilines is 1. The first kappa shape index (κ1) is 27.1. The van der Waals surface area contributed by atoms with E-state index in [-0.39, 0.29) is 24.4 Å². The van der Waals surface area contributed by atoms with Gasteiger partial charge in [-0.2, -0.15) is 5.10 Å². The highest BCUT2D eigenvalue weighted by atomic mass is 35.5. The average molecular weight is 568 g/mol. The zero-order chi connectivity index (χ0) is 26.1. The van der Waals surface area contributed by atoms with Crippen LogP contribution in [0.5, 0.6) is 0 Å². The summed E-state index contributed by atoms with van der Waals surface area (Å²) in [6.45, 7) is 2.69. The molecule has 13 heteroatoms. The van der Waals surface area contributed by atoms with E-state index in [4.69, 9.17) is 4.98 Å². The molecule has 1 amide bonds. The van der Waals surface area contributed by atoms with Gasteiger partial charge in [-0.1, -0.05) is 29.5 Å². The van der Waals surface area contributed by atoms with Crippen molar-refractivity contribution in [3.63, 3.8) is 0 Å². The van der Waals surface area contributed by atoms with Crippen molar-refractivity contribution in [2.75, 3.05) is 31.5 Å². The van der Waals surface area contributed by atoms with Crippen molar-refractivity contribution < 1.29 is 9.90 Å². The van der Waals surface area contributed by atoms with E-state index in [9.17, 15) is 9.90 Å². The summed E-state index contributed by atoms with van der Waals surface area (Å²) in [7, 11) is 1.90. The molecule has 2 aliphatic rings. The molecule has 0 bridgehead atoms. The quantitative estimate of drug-likeness (QED) is 0.321. The zero-order valence-corrected chi connectivity index (χ0v) is 23.1. The van der Waals surface area contributed by atoms with Crippen LogP contribution in [0, 0.1) is 0 Å². The second-order valence-corrected chi connectivity index (χ2v) is 10.7. The number of piperidine rings is 1. The number of carbonyl (C=O) groups is 1. The second-order valence-electron chi connectivity index (χ2n) is 9.73. The summed E-state index contributed by atoms with van der Waals surface area (Å²) in [5, 5.41) is 30.5. The van der Waals surface area contributed by atoms with E-state index < -0.39 is 6.10 Å². The van der Waals surface area contributed by atoms with Gasteiger partial charge >= 0.3 is 0 Å². The lowest BCUT2D eigenvalue weighted by Gasteiger charge is -2.25. The number of amides is 1. The summed E-state index contributed by atoms with van der Waals surface area (Å²) in [5.74, 6) is 1.06. The number of halogens is 1. The monoisotopic (exact) mass is 567 g/mol. The molecule has 2 saturated heterocycles. The van der Waals surface area contributed by atoms with E-state index in [2.05, 4.69) is 37.0 Å². The molecule has 1 aromatic carbocycles. The number of hydrogen-bond acceptors (Lipinski definition) is 10. The van der Waals surface area contributed by atoms with E-state index in [0.29, 0.717) is 46.7 Å². The Hall–Kier alpha value is -3.45. The number of aromatic nitrogens is 6. The lowest BCUT2D eigenvalue weighted by atomic mass is 10.1. The maximum Gasteiger partial charge on any atom is 0.284 e. The van der Waals surface area contributed by atoms with Gasteiger partial charge in [0.15, 0.2) is 10.8 Å². The summed E-state index contributed by atoms with van der Waals surface area (Å²) in [4.78, 5) is 24.1. The van der Waals surface area contributed by atoms with Crippen LogP contribution in [-0.2, 0) is 7.05 Å². The topological polar surface area (TPSA) is 134 Å². The predicted molar refractivity (Wildman–Crippen MR) is 152 cm³/mol. The van der Waals surface area contributed by atoms with Crippen LogP contribution in [0.4, 0.5) is 5.82 Å². The van der Waals surface area contributed by atoms with Crippen molar-refractivity contribution in [3.8, 4) is 33.1 Å². The van der Waals surface area contributed by atoms with Gasteiger partial charge in [0.05, 0.1) is 17.9 Å². The smallest absolute Gasteiger partial charge is 0.284 e. The van der Waals surface area contributed by atoms with Crippen LogP contribution >= 0.6 is 23.7 Å². The molecular formula is C26H30ClN9O2S. The Balaban J connectivity index is 0.00000308. The molecule has 0 spiro atoms. The Morgan fingerprint density at radius 3 is 2.79 bits per heavy atom. The highest BCUT2D eigenvalue weighted by Gasteiger charge is 2.28. The molecule has 3 aromatic heterocycles. The molecule has 0 radical (unpaired) electrons. The fourth-order valence-electron chi connectivity index (χ4n) is 4.84. The number of aliphatic hydroxyl groups excluding tert-OH is 1. The Kier molecular flexibility index (Phi) is 8.17. The van der Waals surface area contributed by atoms with E-state index in [1.807, 2.05) is 37.6 Å². The molecule has 0 saturated carbocycles. The minimum Gasteiger partial charge on any atom is -0.391 e. The number of β-amino-alcohol motifs (C(OH)–C–C–N with tert-alkyl or cyclic N) is 1. The molecule has 1 unspecified atom stereocenters. The van der Waals surface area contributed by atoms with Gasteiger partial charge < -0.3 is 20.6 Å². The number of aliphatic hydroxyl groups is 1. The van der Waals surface area contributed by atoms with Gasteiger partial charge in [0.1, 0.15) is 5.82 Å². The number of nitrogens with one attached hydrogen (secondary N) is 2. The summed E-state index contributed by atoms with van der Waals surface area (Å²) in [5.41, 5.74) is 3.66. The Morgan fingerprint density at radius 2 is 2.05 bits per heavy atom. The van der Waals surface area contributed by atoms with Crippen LogP contribution in [-0.4, -0.2) is 84.2 Å². The standard InChI is InChI=1S/C26H29N9O2S.ClH/c1-34-14-18(11-29-34)16-4-2-5-17(10-16)22-28-13-21(23(31-22)30-19-6-3-8-27-12-19)24-32-33-25(38-24)26(37)35-9-7-20(36)15-35;/h2,4-5,10-11,13-14,19-20,27,36H,3,6-9,12,15H2,1H3,(H,28,30,31);1H/t19?,20-;/m1./s1. The fraction of sp³-hybridized carbons (Fsp3) is 0.385. The third-order valence-corrected chi connectivity index (χ3v) is 7.82. The molecule has 3 N–H and O–H groups in total. The lowest BCUT2D eigenvalue weighted by molar-refractivity contribution is 0.0763. The highest BCUT2D eigenvalue weighted by Crippen LogP contribution is 2.33. The van der Waals surface area contributed by atoms with E-state index >= 15 is 0 Å². The number of hydrogen-bond donors (Lipinski definition) is 3. The largest absolute Gasteiger partial charge is 0.391 e. The van der Waals surface area contributed by atoms with Gasteiger partial charge in [-0.15, -0.1) is 22.6 Å². The van der Waals surface area contributed by atoms with Gasteiger partial charge in [-0.25, -0.2) is 9.97 Å². The van der Waals surface area contributed by atoms with Gasteiger partial charge in [0, 0.05) is 56.2 Å². The minimum atomic E-state index is -0.483. The van der Waals surface area contributed by atoms with Crippen molar-refractivity contribution in [1.82, 2.24) is 40.2 Å². The maximum atomic E-state index is 12.9. The molecule has 4 aromatic rings. The first-order chi connectivity index (χ1) is 18.5. The Labute approximate surface area is 236 Å². The molecule has 5 heterocycles. The van der Waals surface area contributed by atoms with Gasteiger partial charge in [0.25, 0.3) is 5.91 Å². The van der Waals surface area contributed by atoms with E-state index in [1.54, 1.807) is 15.8 Å². The average Bonchev–Trinajstić information content (AvgIpc) is 3.70. The number of benzene rings is 1. The molecule has 6 rings (SSSR count). The summed E-state index contributed by atoms with van der Waals surface area (Å²) in [6.07, 6.45) is 7.77. The van der Waals surface area contributed by atoms with Crippen LogP contribution in [0.3, 0.4) is 0 Å². The van der Waals surface area contributed by atoms with Crippen molar-refractivity contribution >= 4 is 35.5 Å². The molecule has 204 valence electrons. The third kappa shape index (κ3) is 5.93. The van der Waals surface area contributed by atoms with Crippen molar-refractivity contribution in [1.29, 1.82) is 0 Å². The van der Waals surface area contributed by atoms with Crippen LogP contribution in [0.15, 0.2) is 42.9 Å². The van der Waals surface area contributed by atoms with E-state index in [1.165, 1.54) is 11.3 Å². The lowest BCUT2D eigenvalue weighted by Crippen LogP contribution is -2.38. The number of aryl methyl sites for hydroxylation is 1. The first-order valence-electron chi connectivity index (χ1n) is 12.8. The Bertz CT molecular complexity index is 1450. The second kappa shape index (κ2) is 11.7. The van der Waals surface area contributed by atoms with Crippen LogP contribution in [0.1, 0.15) is 29.1 Å². The molecule has 2 aliphatic heterocycles. The SMILES string of the molecule is Cl.Cn1cc(-c2cccc(-c3ncc(-c4nnc(C(=O)N5CC[C@@H](O)C5)s4)c(NC4CCCNC4)n3)c2)cn1. The summed E-state index contributed by atoms with van der Waals surface area (Å²) in [6, 6.07) is 8.30. The number of likely N-dealkylation sites (tertiary alicyclic amines) is 1. The van der Waals surface area contributed by atoms with Crippen molar-refractivity contribution in [3.05, 3.63) is 47.9 Å². The van der Waals surface area contributed by atoms with Crippen molar-refractivity contribution in [2.24, 2.45) is 7.05 Å². The normalized spacial score (nSPS) is 19.1. The van der Waals surface area contributed by atoms with Crippen LogP contribution in [0.2, 0.25) is 0 Å². The zero-order valence-electron chi connectivity index (χ0n) is 21.4. The molecule has 2 atom stereocenters. The van der Waals surface area contributed by atoms with Gasteiger partial charge in [-0.3, -0.25) is 9.48 Å². The summed E-state index contributed by atoms with van der Waals surface area (Å²) >= 11 is 1.22. The molecule has 0 aliphatic carbocycles. The van der Waals surface area contributed by atoms with E-state index in [0.717, 1.165) is 42.6 Å².